The number of phenols is 1. The van der Waals surface area contributed by atoms with Gasteiger partial charge in [-0.2, -0.15) is 0 Å². The van der Waals surface area contributed by atoms with E-state index in [1.54, 1.807) is 18.2 Å². The number of rotatable bonds is 3. The second-order valence-corrected chi connectivity index (χ2v) is 3.34. The molecule has 4 heteroatoms. The van der Waals surface area contributed by atoms with Crippen LogP contribution in [0.1, 0.15) is 6.92 Å². The van der Waals surface area contributed by atoms with Crippen molar-refractivity contribution in [3.05, 3.63) is 18.2 Å². The number of benzene rings is 1. The smallest absolute Gasteiger partial charge is 0.165 e. The zero-order chi connectivity index (χ0) is 10.7. The summed E-state index contributed by atoms with van der Waals surface area (Å²) in [7, 11) is 0. The summed E-state index contributed by atoms with van der Waals surface area (Å²) in [5, 5.41) is 9.24. The molecule has 0 saturated carbocycles. The van der Waals surface area contributed by atoms with Crippen LogP contribution >= 0.6 is 0 Å². The van der Waals surface area contributed by atoms with Crippen LogP contribution in [-0.4, -0.2) is 31.0 Å². The molecule has 0 fully saturated rings. The van der Waals surface area contributed by atoms with E-state index < -0.39 is 0 Å². The highest BCUT2D eigenvalue weighted by atomic mass is 16.6. The van der Waals surface area contributed by atoms with Crippen LogP contribution < -0.4 is 9.47 Å². The Bertz CT molecular complexity index is 337. The molecule has 0 aromatic heterocycles. The topological polar surface area (TPSA) is 47.9 Å². The molecule has 15 heavy (non-hydrogen) atoms. The summed E-state index contributed by atoms with van der Waals surface area (Å²) < 4.78 is 16.3. The van der Waals surface area contributed by atoms with Gasteiger partial charge in [-0.25, -0.2) is 0 Å². The van der Waals surface area contributed by atoms with Crippen LogP contribution in [0.5, 0.6) is 17.2 Å². The Balaban J connectivity index is 2.03. The molecule has 1 aromatic carbocycles. The number of phenolic OH excluding ortho intramolecular Hbond substituents is 1. The first-order chi connectivity index (χ1) is 7.29. The van der Waals surface area contributed by atoms with Gasteiger partial charge in [0, 0.05) is 12.7 Å². The Morgan fingerprint density at radius 3 is 3.13 bits per heavy atom. The lowest BCUT2D eigenvalue weighted by Gasteiger charge is -2.26. The van der Waals surface area contributed by atoms with Crippen molar-refractivity contribution in [3.63, 3.8) is 0 Å². The average molecular weight is 210 g/mol. The molecule has 0 spiro atoms. The van der Waals surface area contributed by atoms with Crippen LogP contribution in [-0.2, 0) is 4.74 Å². The predicted molar refractivity (Wildman–Crippen MR) is 54.5 cm³/mol. The predicted octanol–water partition coefficient (Wildman–Crippen LogP) is 1.57. The summed E-state index contributed by atoms with van der Waals surface area (Å²) in [5.41, 5.74) is 0. The molecule has 1 aromatic rings. The minimum absolute atomic E-state index is 0.0676. The molecule has 1 aliphatic heterocycles. The maximum absolute atomic E-state index is 9.24. The highest BCUT2D eigenvalue weighted by Gasteiger charge is 2.21. The quantitative estimate of drug-likeness (QED) is 0.822. The highest BCUT2D eigenvalue weighted by molar-refractivity contribution is 5.45. The molecular formula is C11H14O4. The number of aromatic hydroxyl groups is 1. The molecular weight excluding hydrogens is 196 g/mol. The lowest BCUT2D eigenvalue weighted by Crippen LogP contribution is -2.33. The molecule has 0 radical (unpaired) electrons. The van der Waals surface area contributed by atoms with E-state index in [0.717, 1.165) is 0 Å². The average Bonchev–Trinajstić information content (AvgIpc) is 2.26. The van der Waals surface area contributed by atoms with Crippen molar-refractivity contribution in [2.75, 3.05) is 19.8 Å². The molecule has 2 rings (SSSR count). The van der Waals surface area contributed by atoms with E-state index in [1.807, 2.05) is 6.92 Å². The number of fused-ring (bicyclic) bond motifs is 1. The van der Waals surface area contributed by atoms with E-state index >= 15 is 0 Å². The third kappa shape index (κ3) is 2.33. The van der Waals surface area contributed by atoms with Gasteiger partial charge in [-0.05, 0) is 19.1 Å². The van der Waals surface area contributed by atoms with Gasteiger partial charge in [0.25, 0.3) is 0 Å². The lowest BCUT2D eigenvalue weighted by atomic mass is 10.2. The Hall–Kier alpha value is -1.42. The van der Waals surface area contributed by atoms with Gasteiger partial charge in [-0.15, -0.1) is 0 Å². The molecule has 0 saturated heterocycles. The van der Waals surface area contributed by atoms with Gasteiger partial charge in [0.05, 0.1) is 6.61 Å². The van der Waals surface area contributed by atoms with E-state index in [-0.39, 0.29) is 11.9 Å². The second-order valence-electron chi connectivity index (χ2n) is 3.34. The summed E-state index contributed by atoms with van der Waals surface area (Å²) in [5.74, 6) is 1.42. The fourth-order valence-electron chi connectivity index (χ4n) is 1.43. The lowest BCUT2D eigenvalue weighted by molar-refractivity contribution is 0.0126. The molecule has 1 N–H and O–H groups in total. The van der Waals surface area contributed by atoms with Gasteiger partial charge < -0.3 is 19.3 Å². The zero-order valence-corrected chi connectivity index (χ0v) is 8.60. The van der Waals surface area contributed by atoms with Gasteiger partial charge in [0.15, 0.2) is 17.6 Å². The molecule has 0 amide bonds. The fraction of sp³-hybridized carbons (Fsp3) is 0.455. The number of ether oxygens (including phenoxy) is 3. The zero-order valence-electron chi connectivity index (χ0n) is 8.60. The van der Waals surface area contributed by atoms with Gasteiger partial charge in [0.2, 0.25) is 0 Å². The normalized spacial score (nSPS) is 18.9. The van der Waals surface area contributed by atoms with Crippen molar-refractivity contribution in [2.24, 2.45) is 0 Å². The van der Waals surface area contributed by atoms with E-state index in [2.05, 4.69) is 0 Å². The molecule has 1 atom stereocenters. The maximum atomic E-state index is 9.24. The van der Waals surface area contributed by atoms with Crippen LogP contribution in [0.2, 0.25) is 0 Å². The maximum Gasteiger partial charge on any atom is 0.165 e. The molecule has 82 valence electrons. The van der Waals surface area contributed by atoms with Gasteiger partial charge in [0.1, 0.15) is 12.4 Å². The van der Waals surface area contributed by atoms with Gasteiger partial charge >= 0.3 is 0 Å². The van der Waals surface area contributed by atoms with Crippen LogP contribution in [0.15, 0.2) is 18.2 Å². The molecule has 1 heterocycles. The molecule has 0 unspecified atom stereocenters. The van der Waals surface area contributed by atoms with Gasteiger partial charge in [-0.3, -0.25) is 0 Å². The summed E-state index contributed by atoms with van der Waals surface area (Å²) in [4.78, 5) is 0. The van der Waals surface area contributed by atoms with Crippen molar-refractivity contribution < 1.29 is 19.3 Å². The van der Waals surface area contributed by atoms with E-state index in [9.17, 15) is 5.11 Å². The first-order valence-corrected chi connectivity index (χ1v) is 5.00. The summed E-state index contributed by atoms with van der Waals surface area (Å²) in [6, 6.07) is 4.82. The van der Waals surface area contributed by atoms with Crippen LogP contribution in [0.4, 0.5) is 0 Å². The summed E-state index contributed by atoms with van der Waals surface area (Å²) in [6.07, 6.45) is -0.0676. The Morgan fingerprint density at radius 1 is 1.47 bits per heavy atom. The first kappa shape index (κ1) is 10.1. The highest BCUT2D eigenvalue weighted by Crippen LogP contribution is 2.34. The minimum Gasteiger partial charge on any atom is -0.508 e. The van der Waals surface area contributed by atoms with Crippen LogP contribution in [0.25, 0.3) is 0 Å². The summed E-state index contributed by atoms with van der Waals surface area (Å²) in [6.45, 7) is 3.59. The third-order valence-electron chi connectivity index (χ3n) is 2.15. The molecule has 0 bridgehead atoms. The molecule has 0 aliphatic carbocycles. The SMILES string of the molecule is CCOC[C@H]1COc2cc(O)ccc2O1. The minimum atomic E-state index is -0.0676. The van der Waals surface area contributed by atoms with Crippen LogP contribution in [0, 0.1) is 0 Å². The van der Waals surface area contributed by atoms with Crippen molar-refractivity contribution >= 4 is 0 Å². The standard InChI is InChI=1S/C11H14O4/c1-2-13-6-9-7-14-11-5-8(12)3-4-10(11)15-9/h3-5,9,12H,2,6-7H2,1H3/t9-/m0/s1. The van der Waals surface area contributed by atoms with Crippen molar-refractivity contribution in [1.82, 2.24) is 0 Å². The number of hydrogen-bond acceptors (Lipinski definition) is 4. The fourth-order valence-corrected chi connectivity index (χ4v) is 1.43. The molecule has 1 aliphatic rings. The Labute approximate surface area is 88.4 Å². The van der Waals surface area contributed by atoms with Gasteiger partial charge in [-0.1, -0.05) is 0 Å². The largest absolute Gasteiger partial charge is 0.508 e. The van der Waals surface area contributed by atoms with E-state index in [0.29, 0.717) is 31.3 Å². The first-order valence-electron chi connectivity index (χ1n) is 5.00. The Kier molecular flexibility index (Phi) is 2.97. The van der Waals surface area contributed by atoms with E-state index in [1.165, 1.54) is 0 Å². The van der Waals surface area contributed by atoms with Crippen molar-refractivity contribution in [3.8, 4) is 17.2 Å². The summed E-state index contributed by atoms with van der Waals surface area (Å²) >= 11 is 0. The third-order valence-corrected chi connectivity index (χ3v) is 2.15. The monoisotopic (exact) mass is 210 g/mol. The van der Waals surface area contributed by atoms with E-state index in [4.69, 9.17) is 14.2 Å². The number of hydrogen-bond donors (Lipinski definition) is 1. The van der Waals surface area contributed by atoms with Crippen molar-refractivity contribution in [2.45, 2.75) is 13.0 Å². The van der Waals surface area contributed by atoms with Crippen molar-refractivity contribution in [1.29, 1.82) is 0 Å². The Morgan fingerprint density at radius 2 is 2.33 bits per heavy atom. The van der Waals surface area contributed by atoms with Crippen LogP contribution in [0.3, 0.4) is 0 Å². The molecule has 4 nitrogen and oxygen atoms in total. The second kappa shape index (κ2) is 4.40.